The number of aliphatic carboxylic acids is 1. The van der Waals surface area contributed by atoms with Crippen LogP contribution in [0.5, 0.6) is 0 Å². The second-order valence-corrected chi connectivity index (χ2v) is 18.1. The van der Waals surface area contributed by atoms with E-state index in [9.17, 15) is 34.1 Å². The summed E-state index contributed by atoms with van der Waals surface area (Å²) in [6, 6.07) is -1.55. The number of unbranched alkanes of at least 4 members (excludes halogenated alkanes) is 22. The Morgan fingerprint density at radius 2 is 0.921 bits per heavy atom. The molecule has 3 atom stereocenters. The summed E-state index contributed by atoms with van der Waals surface area (Å²) in [5, 5.41) is 21.9. The lowest BCUT2D eigenvalue weighted by molar-refractivity contribution is -0.147. The number of carboxylic acids is 1. The molecule has 0 aromatic rings. The number of allylic oxidation sites excluding steroid dienone is 10. The van der Waals surface area contributed by atoms with Crippen LogP contribution in [0.15, 0.2) is 60.8 Å². The van der Waals surface area contributed by atoms with E-state index in [4.69, 9.17) is 13.8 Å². The fourth-order valence-electron chi connectivity index (χ4n) is 6.76. The van der Waals surface area contributed by atoms with E-state index < -0.39 is 57.6 Å². The van der Waals surface area contributed by atoms with E-state index in [-0.39, 0.29) is 12.8 Å². The van der Waals surface area contributed by atoms with Gasteiger partial charge in [-0.3, -0.25) is 18.6 Å². The van der Waals surface area contributed by atoms with E-state index in [1.54, 1.807) is 0 Å². The van der Waals surface area contributed by atoms with E-state index in [1.807, 2.05) is 12.2 Å². The van der Waals surface area contributed by atoms with Crippen molar-refractivity contribution in [1.29, 1.82) is 0 Å². The highest BCUT2D eigenvalue weighted by atomic mass is 31.2. The number of esters is 1. The van der Waals surface area contributed by atoms with Crippen LogP contribution in [-0.4, -0.2) is 64.9 Å². The smallest absolute Gasteiger partial charge is 0.472 e. The van der Waals surface area contributed by atoms with Crippen LogP contribution in [0.1, 0.15) is 213 Å². The maximum Gasteiger partial charge on any atom is 0.472 e. The number of nitrogens with one attached hydrogen (secondary N) is 1. The SMILES string of the molecule is CC/C=C\C/C=C\C/C=C\C/C=C\C/C=C\CCCC(=O)OCC(O)COP(=O)(O)OCC(NC(=O)CCCCCCCCCCCCCCCCCCCCCCCC)C(=O)O. The number of phosphoric acid groups is 1. The van der Waals surface area contributed by atoms with Crippen molar-refractivity contribution in [1.82, 2.24) is 5.32 Å². The Labute approximate surface area is 383 Å². The molecule has 11 nitrogen and oxygen atoms in total. The molecule has 364 valence electrons. The summed E-state index contributed by atoms with van der Waals surface area (Å²) in [5.41, 5.74) is 0. The summed E-state index contributed by atoms with van der Waals surface area (Å²) in [6.45, 7) is 2.45. The van der Waals surface area contributed by atoms with Gasteiger partial charge in [0.2, 0.25) is 5.91 Å². The Balaban J connectivity index is 3.88. The largest absolute Gasteiger partial charge is 0.480 e. The minimum Gasteiger partial charge on any atom is -0.480 e. The zero-order chi connectivity index (χ0) is 46.3. The van der Waals surface area contributed by atoms with Crippen molar-refractivity contribution in [2.75, 3.05) is 19.8 Å². The molecule has 0 aromatic carbocycles. The van der Waals surface area contributed by atoms with Gasteiger partial charge >= 0.3 is 19.8 Å². The van der Waals surface area contributed by atoms with Crippen molar-refractivity contribution in [2.24, 2.45) is 0 Å². The Morgan fingerprint density at radius 1 is 0.524 bits per heavy atom. The zero-order valence-corrected chi connectivity index (χ0v) is 40.5. The molecule has 0 aliphatic heterocycles. The highest BCUT2D eigenvalue weighted by Crippen LogP contribution is 2.43. The van der Waals surface area contributed by atoms with Crippen LogP contribution >= 0.6 is 7.82 Å². The summed E-state index contributed by atoms with van der Waals surface area (Å²) >= 11 is 0. The number of aliphatic hydroxyl groups excluding tert-OH is 1. The normalized spacial score (nSPS) is 14.1. The van der Waals surface area contributed by atoms with Gasteiger partial charge in [-0.25, -0.2) is 9.36 Å². The van der Waals surface area contributed by atoms with E-state index in [0.29, 0.717) is 19.3 Å². The maximum absolute atomic E-state index is 12.4. The van der Waals surface area contributed by atoms with Crippen molar-refractivity contribution in [3.63, 3.8) is 0 Å². The molecule has 3 unspecified atom stereocenters. The highest BCUT2D eigenvalue weighted by molar-refractivity contribution is 7.47. The van der Waals surface area contributed by atoms with Crippen LogP contribution in [0, 0.1) is 0 Å². The van der Waals surface area contributed by atoms with Gasteiger partial charge in [-0.2, -0.15) is 0 Å². The molecule has 0 saturated heterocycles. The number of ether oxygens (including phenoxy) is 1. The van der Waals surface area contributed by atoms with Gasteiger partial charge in [0, 0.05) is 12.8 Å². The van der Waals surface area contributed by atoms with E-state index in [2.05, 4.69) is 67.8 Å². The molecule has 0 fully saturated rings. The predicted octanol–water partition coefficient (Wildman–Crippen LogP) is 13.5. The molecule has 0 rings (SSSR count). The van der Waals surface area contributed by atoms with Crippen LogP contribution < -0.4 is 5.32 Å². The standard InChI is InChI=1S/C51H90NO10P/c1-3-5-7-9-11-13-15-17-19-21-22-23-24-25-27-28-30-32-34-36-38-40-42-49(54)52-48(51(56)57)46-62-63(58,59)61-45-47(53)44-60-50(55)43-41-39-37-35-33-31-29-26-20-18-16-14-12-10-8-6-4-2/h6,8,12,14,18,20,29,31,35,37,47-48,53H,3-5,7,9-11,13,15-17,19,21-28,30,32-34,36,38-46H2,1-2H3,(H,52,54)(H,56,57)(H,58,59)/b8-6-,14-12-,20-18-,31-29-,37-35-. The molecule has 0 aliphatic rings. The van der Waals surface area contributed by atoms with Crippen molar-refractivity contribution in [3.8, 4) is 0 Å². The van der Waals surface area contributed by atoms with E-state index in [0.717, 1.165) is 51.4 Å². The van der Waals surface area contributed by atoms with Gasteiger partial charge < -0.3 is 25.2 Å². The number of rotatable bonds is 46. The summed E-state index contributed by atoms with van der Waals surface area (Å²) in [6.07, 6.45) is 54.0. The van der Waals surface area contributed by atoms with Gasteiger partial charge in [-0.15, -0.1) is 0 Å². The molecule has 4 N–H and O–H groups in total. The Bertz CT molecular complexity index is 1300. The Morgan fingerprint density at radius 3 is 1.35 bits per heavy atom. The quantitative estimate of drug-likeness (QED) is 0.0200. The first-order valence-corrected chi connectivity index (χ1v) is 26.3. The third-order valence-corrected chi connectivity index (χ3v) is 11.5. The number of carbonyl (C=O) groups is 3. The number of hydrogen-bond acceptors (Lipinski definition) is 8. The first-order chi connectivity index (χ1) is 30.6. The second-order valence-electron chi connectivity index (χ2n) is 16.6. The van der Waals surface area contributed by atoms with Gasteiger partial charge in [0.15, 0.2) is 6.04 Å². The molecule has 1 amide bonds. The lowest BCUT2D eigenvalue weighted by Gasteiger charge is -2.18. The molecule has 0 aromatic heterocycles. The molecule has 0 saturated carbocycles. The summed E-state index contributed by atoms with van der Waals surface area (Å²) in [7, 11) is -4.77. The Hall–Kier alpha value is -2.82. The number of aliphatic hydroxyl groups is 1. The number of carboxylic acid groups (broad SMARTS) is 1. The highest BCUT2D eigenvalue weighted by Gasteiger charge is 2.28. The number of phosphoric ester groups is 1. The Kier molecular flexibility index (Phi) is 43.7. The van der Waals surface area contributed by atoms with Crippen LogP contribution in [0.2, 0.25) is 0 Å². The molecule has 0 radical (unpaired) electrons. The molecule has 0 aliphatic carbocycles. The van der Waals surface area contributed by atoms with Crippen LogP contribution in [0.3, 0.4) is 0 Å². The fraction of sp³-hybridized carbons (Fsp3) is 0.745. The monoisotopic (exact) mass is 908 g/mol. The van der Waals surface area contributed by atoms with Crippen LogP contribution in [0.25, 0.3) is 0 Å². The third kappa shape index (κ3) is 45.5. The predicted molar refractivity (Wildman–Crippen MR) is 258 cm³/mol. The molecule has 0 bridgehead atoms. The third-order valence-electron chi connectivity index (χ3n) is 10.6. The lowest BCUT2D eigenvalue weighted by Crippen LogP contribution is -2.43. The average Bonchev–Trinajstić information content (AvgIpc) is 3.26. The van der Waals surface area contributed by atoms with Gasteiger partial charge in [0.25, 0.3) is 0 Å². The molecular formula is C51H90NO10P. The average molecular weight is 908 g/mol. The summed E-state index contributed by atoms with van der Waals surface area (Å²) in [5.74, 6) is -2.43. The minimum absolute atomic E-state index is 0.143. The van der Waals surface area contributed by atoms with Gasteiger partial charge in [-0.05, 0) is 51.4 Å². The number of hydrogen-bond donors (Lipinski definition) is 4. The molecular weight excluding hydrogens is 818 g/mol. The van der Waals surface area contributed by atoms with E-state index >= 15 is 0 Å². The van der Waals surface area contributed by atoms with Crippen LogP contribution in [-0.2, 0) is 32.7 Å². The topological polar surface area (TPSA) is 169 Å². The maximum atomic E-state index is 12.4. The fourth-order valence-corrected chi connectivity index (χ4v) is 7.54. The van der Waals surface area contributed by atoms with Gasteiger partial charge in [-0.1, -0.05) is 209 Å². The molecule has 63 heavy (non-hydrogen) atoms. The summed E-state index contributed by atoms with van der Waals surface area (Å²) in [4.78, 5) is 46.0. The minimum atomic E-state index is -4.77. The van der Waals surface area contributed by atoms with Crippen molar-refractivity contribution in [2.45, 2.75) is 225 Å². The summed E-state index contributed by atoms with van der Waals surface area (Å²) < 4.78 is 26.9. The molecule has 0 heterocycles. The van der Waals surface area contributed by atoms with Gasteiger partial charge in [0.1, 0.15) is 12.7 Å². The van der Waals surface area contributed by atoms with Gasteiger partial charge in [0.05, 0.1) is 13.2 Å². The number of carbonyl (C=O) groups excluding carboxylic acids is 2. The second kappa shape index (κ2) is 45.7. The molecule has 0 spiro atoms. The number of amides is 1. The van der Waals surface area contributed by atoms with E-state index in [1.165, 1.54) is 116 Å². The molecule has 12 heteroatoms. The first kappa shape index (κ1) is 60.2. The zero-order valence-electron chi connectivity index (χ0n) is 39.6. The van der Waals surface area contributed by atoms with Crippen LogP contribution in [0.4, 0.5) is 0 Å². The van der Waals surface area contributed by atoms with Crippen molar-refractivity contribution < 1.29 is 47.8 Å². The van der Waals surface area contributed by atoms with Crippen molar-refractivity contribution >= 4 is 25.7 Å². The first-order valence-electron chi connectivity index (χ1n) is 24.8. The lowest BCUT2D eigenvalue weighted by atomic mass is 10.0. The van der Waals surface area contributed by atoms with Crippen molar-refractivity contribution in [3.05, 3.63) is 60.8 Å².